The quantitative estimate of drug-likeness (QED) is 0.821. The van der Waals surface area contributed by atoms with Gasteiger partial charge in [-0.3, -0.25) is 0 Å². The first-order valence-electron chi connectivity index (χ1n) is 5.95. The maximum atomic E-state index is 6.15. The van der Waals surface area contributed by atoms with Crippen LogP contribution >= 0.6 is 11.6 Å². The third kappa shape index (κ3) is 1.88. The van der Waals surface area contributed by atoms with Crippen LogP contribution in [0.4, 0.5) is 5.82 Å². The third-order valence-electron chi connectivity index (χ3n) is 3.46. The Morgan fingerprint density at radius 3 is 2.56 bits per heavy atom. The molecule has 0 spiro atoms. The lowest BCUT2D eigenvalue weighted by Gasteiger charge is -2.10. The van der Waals surface area contributed by atoms with Crippen LogP contribution in [0.3, 0.4) is 0 Å². The van der Waals surface area contributed by atoms with Gasteiger partial charge in [-0.05, 0) is 32.1 Å². The summed E-state index contributed by atoms with van der Waals surface area (Å²) in [5.41, 5.74) is 0.977. The Balaban J connectivity index is 1.91. The summed E-state index contributed by atoms with van der Waals surface area (Å²) in [5, 5.41) is 4.03. The van der Waals surface area contributed by atoms with Crippen molar-refractivity contribution in [1.82, 2.24) is 9.97 Å². The molecule has 0 saturated heterocycles. The van der Waals surface area contributed by atoms with Gasteiger partial charge in [0, 0.05) is 17.5 Å². The number of rotatable bonds is 3. The van der Waals surface area contributed by atoms with Gasteiger partial charge < -0.3 is 5.32 Å². The maximum Gasteiger partial charge on any atom is 0.137 e. The van der Waals surface area contributed by atoms with Crippen molar-refractivity contribution < 1.29 is 0 Å². The van der Waals surface area contributed by atoms with Crippen LogP contribution in [0.5, 0.6) is 0 Å². The van der Waals surface area contributed by atoms with E-state index in [1.807, 2.05) is 6.92 Å². The number of nitrogens with one attached hydrogen (secondary N) is 1. The molecule has 0 bridgehead atoms. The van der Waals surface area contributed by atoms with Gasteiger partial charge in [-0.1, -0.05) is 18.5 Å². The summed E-state index contributed by atoms with van der Waals surface area (Å²) >= 11 is 6.15. The average molecular weight is 238 g/mol. The van der Waals surface area contributed by atoms with E-state index in [0.29, 0.717) is 23.0 Å². The maximum absolute atomic E-state index is 6.15. The van der Waals surface area contributed by atoms with Gasteiger partial charge in [-0.25, -0.2) is 9.97 Å². The van der Waals surface area contributed by atoms with E-state index in [-0.39, 0.29) is 0 Å². The highest BCUT2D eigenvalue weighted by atomic mass is 35.5. The highest BCUT2D eigenvalue weighted by Crippen LogP contribution is 2.46. The zero-order chi connectivity index (χ0) is 11.3. The summed E-state index contributed by atoms with van der Waals surface area (Å²) in [6, 6.07) is 0.606. The van der Waals surface area contributed by atoms with Crippen molar-refractivity contribution in [2.24, 2.45) is 5.92 Å². The molecule has 4 heteroatoms. The Bertz CT molecular complexity index is 429. The minimum Gasteiger partial charge on any atom is -0.367 e. The molecular weight excluding hydrogens is 222 g/mol. The van der Waals surface area contributed by atoms with Gasteiger partial charge in [0.25, 0.3) is 0 Å². The van der Waals surface area contributed by atoms with Crippen molar-refractivity contribution in [2.75, 3.05) is 5.32 Å². The lowest BCUT2D eigenvalue weighted by molar-refractivity contribution is 0.837. The van der Waals surface area contributed by atoms with Gasteiger partial charge >= 0.3 is 0 Å². The summed E-state index contributed by atoms with van der Waals surface area (Å²) in [5.74, 6) is 3.10. The first-order valence-corrected chi connectivity index (χ1v) is 6.33. The van der Waals surface area contributed by atoms with E-state index in [4.69, 9.17) is 11.6 Å². The Hall–Kier alpha value is -0.830. The van der Waals surface area contributed by atoms with Crippen LogP contribution in [-0.2, 0) is 0 Å². The van der Waals surface area contributed by atoms with E-state index in [9.17, 15) is 0 Å². The van der Waals surface area contributed by atoms with Crippen molar-refractivity contribution in [3.8, 4) is 0 Å². The van der Waals surface area contributed by atoms with Crippen LogP contribution in [0.15, 0.2) is 0 Å². The lowest BCUT2D eigenvalue weighted by atomic mass is 10.3. The molecule has 1 heterocycles. The van der Waals surface area contributed by atoms with Crippen LogP contribution in [0.25, 0.3) is 0 Å². The largest absolute Gasteiger partial charge is 0.367 e. The van der Waals surface area contributed by atoms with Crippen LogP contribution in [0.1, 0.15) is 43.5 Å². The molecule has 2 aliphatic carbocycles. The predicted octanol–water partition coefficient (Wildman–Crippen LogP) is 3.14. The standard InChI is InChI=1S/C12H16ClN3/c1-6-5-9(6)12-15-10(13)7(2)11(16-12)14-8-3-4-8/h6,8-9H,3-5H2,1-2H3,(H,14,15,16)/t6-,9-/m1/s1. The minimum atomic E-state index is 0.526. The second kappa shape index (κ2) is 3.59. The van der Waals surface area contributed by atoms with Crippen molar-refractivity contribution in [3.63, 3.8) is 0 Å². The number of anilines is 1. The summed E-state index contributed by atoms with van der Waals surface area (Å²) in [4.78, 5) is 9.01. The lowest BCUT2D eigenvalue weighted by Crippen LogP contribution is -2.08. The molecule has 2 saturated carbocycles. The van der Waals surface area contributed by atoms with Crippen molar-refractivity contribution in [1.29, 1.82) is 0 Å². The fraction of sp³-hybridized carbons (Fsp3) is 0.667. The van der Waals surface area contributed by atoms with Crippen molar-refractivity contribution in [3.05, 3.63) is 16.5 Å². The number of aromatic nitrogens is 2. The van der Waals surface area contributed by atoms with Gasteiger partial charge in [-0.2, -0.15) is 0 Å². The highest BCUT2D eigenvalue weighted by Gasteiger charge is 2.37. The molecule has 2 aliphatic rings. The molecule has 2 atom stereocenters. The number of hydrogen-bond acceptors (Lipinski definition) is 3. The van der Waals surface area contributed by atoms with Crippen LogP contribution in [-0.4, -0.2) is 16.0 Å². The van der Waals surface area contributed by atoms with Gasteiger partial charge in [0.05, 0.1) is 0 Å². The van der Waals surface area contributed by atoms with Crippen molar-refractivity contribution >= 4 is 17.4 Å². The first-order chi connectivity index (χ1) is 7.65. The van der Waals surface area contributed by atoms with Gasteiger partial charge in [0.2, 0.25) is 0 Å². The van der Waals surface area contributed by atoms with E-state index in [1.54, 1.807) is 0 Å². The van der Waals surface area contributed by atoms with E-state index >= 15 is 0 Å². The zero-order valence-corrected chi connectivity index (χ0v) is 10.4. The molecule has 1 aromatic heterocycles. The molecule has 1 aromatic rings. The third-order valence-corrected chi connectivity index (χ3v) is 3.83. The number of hydrogen-bond donors (Lipinski definition) is 1. The van der Waals surface area contributed by atoms with Gasteiger partial charge in [0.1, 0.15) is 16.8 Å². The van der Waals surface area contributed by atoms with Gasteiger partial charge in [0.15, 0.2) is 0 Å². The highest BCUT2D eigenvalue weighted by molar-refractivity contribution is 6.30. The molecule has 0 unspecified atom stereocenters. The molecule has 16 heavy (non-hydrogen) atoms. The van der Waals surface area contributed by atoms with Crippen LogP contribution in [0.2, 0.25) is 5.15 Å². The van der Waals surface area contributed by atoms with E-state index < -0.39 is 0 Å². The summed E-state index contributed by atoms with van der Waals surface area (Å²) in [7, 11) is 0. The second-order valence-electron chi connectivity index (χ2n) is 5.08. The first kappa shape index (κ1) is 10.3. The van der Waals surface area contributed by atoms with Gasteiger partial charge in [-0.15, -0.1) is 0 Å². The summed E-state index contributed by atoms with van der Waals surface area (Å²) in [6.07, 6.45) is 3.69. The average Bonchev–Trinajstić information content (AvgIpc) is 3.11. The molecule has 3 nitrogen and oxygen atoms in total. The summed E-state index contributed by atoms with van der Waals surface area (Å²) < 4.78 is 0. The molecule has 0 aromatic carbocycles. The topological polar surface area (TPSA) is 37.8 Å². The smallest absolute Gasteiger partial charge is 0.137 e. The molecule has 1 N–H and O–H groups in total. The fourth-order valence-electron chi connectivity index (χ4n) is 1.91. The molecule has 0 radical (unpaired) electrons. The Morgan fingerprint density at radius 1 is 1.31 bits per heavy atom. The molecule has 0 aliphatic heterocycles. The second-order valence-corrected chi connectivity index (χ2v) is 5.44. The Kier molecular flexibility index (Phi) is 2.32. The number of halogens is 1. The van der Waals surface area contributed by atoms with E-state index in [2.05, 4.69) is 22.2 Å². The Morgan fingerprint density at radius 2 is 2.00 bits per heavy atom. The van der Waals surface area contributed by atoms with Crippen LogP contribution in [0, 0.1) is 12.8 Å². The number of nitrogens with zero attached hydrogens (tertiary/aromatic N) is 2. The normalized spacial score (nSPS) is 27.9. The predicted molar refractivity (Wildman–Crippen MR) is 64.9 cm³/mol. The van der Waals surface area contributed by atoms with Crippen molar-refractivity contribution in [2.45, 2.75) is 45.1 Å². The summed E-state index contributed by atoms with van der Waals surface area (Å²) in [6.45, 7) is 4.21. The zero-order valence-electron chi connectivity index (χ0n) is 9.63. The van der Waals surface area contributed by atoms with E-state index in [0.717, 1.165) is 17.2 Å². The Labute approximate surface area is 101 Å². The SMILES string of the molecule is Cc1c(Cl)nc([C@@H]2C[C@H]2C)nc1NC1CC1. The molecule has 3 rings (SSSR count). The fourth-order valence-corrected chi connectivity index (χ4v) is 2.09. The molecular formula is C12H16ClN3. The monoisotopic (exact) mass is 237 g/mol. The molecule has 0 amide bonds. The van der Waals surface area contributed by atoms with E-state index in [1.165, 1.54) is 19.3 Å². The molecule has 2 fully saturated rings. The molecule has 86 valence electrons. The minimum absolute atomic E-state index is 0.526. The van der Waals surface area contributed by atoms with Crippen LogP contribution < -0.4 is 5.32 Å².